The summed E-state index contributed by atoms with van der Waals surface area (Å²) in [6.45, 7) is 0. The lowest BCUT2D eigenvalue weighted by Gasteiger charge is -2.05. The van der Waals surface area contributed by atoms with Crippen molar-refractivity contribution in [3.05, 3.63) is 46.8 Å². The van der Waals surface area contributed by atoms with Gasteiger partial charge in [0.15, 0.2) is 12.4 Å². The van der Waals surface area contributed by atoms with Gasteiger partial charge in [0.1, 0.15) is 5.82 Å². The molecule has 1 aromatic rings. The molecule has 0 unspecified atom stereocenters. The second-order valence-corrected chi connectivity index (χ2v) is 2.56. The molecule has 2 rings (SSSR count). The molecule has 1 aromatic heterocycles. The van der Waals surface area contributed by atoms with E-state index in [1.54, 1.807) is 0 Å². The number of nitroso groups, excluding NO2 is 1. The summed E-state index contributed by atoms with van der Waals surface area (Å²) in [7, 11) is 0. The van der Waals surface area contributed by atoms with Crippen molar-refractivity contribution in [2.45, 2.75) is 0 Å². The number of hydrogen-bond donors (Lipinski definition) is 0. The summed E-state index contributed by atoms with van der Waals surface area (Å²) in [6.07, 6.45) is 8.20. The van der Waals surface area contributed by atoms with Crippen LogP contribution in [-0.2, 0) is 0 Å². The molecule has 0 atom stereocenters. The number of nitrogens with zero attached hydrogens (tertiary/aromatic N) is 4. The smallest absolute Gasteiger partial charge is 0.366 e. The van der Waals surface area contributed by atoms with Gasteiger partial charge in [-0.05, 0) is 11.1 Å². The highest BCUT2D eigenvalue weighted by molar-refractivity contribution is 5.91. The van der Waals surface area contributed by atoms with E-state index in [-0.39, 0.29) is 11.7 Å². The quantitative estimate of drug-likeness (QED) is 0.650. The molecule has 70 valence electrons. The molecule has 1 aliphatic rings. The van der Waals surface area contributed by atoms with Crippen molar-refractivity contribution in [1.29, 1.82) is 0 Å². The zero-order valence-corrected chi connectivity index (χ0v) is 7.07. The van der Waals surface area contributed by atoms with Gasteiger partial charge >= 0.3 is 5.84 Å². The van der Waals surface area contributed by atoms with Crippen molar-refractivity contribution in [3.8, 4) is 0 Å². The van der Waals surface area contributed by atoms with Crippen LogP contribution in [0, 0.1) is 10.1 Å². The Bertz CT molecular complexity index is 456. The van der Waals surface area contributed by atoms with E-state index in [4.69, 9.17) is 0 Å². The van der Waals surface area contributed by atoms with Gasteiger partial charge < -0.3 is 9.94 Å². The molecule has 6 heteroatoms. The average Bonchev–Trinajstić information content (AvgIpc) is 2.72. The van der Waals surface area contributed by atoms with Crippen LogP contribution in [0.1, 0.15) is 5.82 Å². The van der Waals surface area contributed by atoms with Gasteiger partial charge in [-0.1, -0.05) is 4.91 Å². The fraction of sp³-hybridized carbons (Fsp3) is 0. The number of hydrogen-bond acceptors (Lipinski definition) is 4. The highest BCUT2D eigenvalue weighted by Gasteiger charge is 2.16. The van der Waals surface area contributed by atoms with Crippen LogP contribution in [0.5, 0.6) is 0 Å². The number of amidine groups is 1. The van der Waals surface area contributed by atoms with Crippen molar-refractivity contribution in [2.75, 3.05) is 0 Å². The van der Waals surface area contributed by atoms with Crippen molar-refractivity contribution in [2.24, 2.45) is 4.99 Å². The van der Waals surface area contributed by atoms with E-state index >= 15 is 0 Å². The Morgan fingerprint density at radius 2 is 2.36 bits per heavy atom. The standard InChI is InChI=1S/C8H6N4O2/c13-11-5-3-9-7(11)1-2-8-10-4-6-12(8)14/h1-6H/b2-1+. The van der Waals surface area contributed by atoms with Crippen molar-refractivity contribution in [1.82, 2.24) is 9.71 Å². The first-order chi connectivity index (χ1) is 6.77. The van der Waals surface area contributed by atoms with Gasteiger partial charge in [0.2, 0.25) is 0 Å². The van der Waals surface area contributed by atoms with E-state index in [0.717, 1.165) is 0 Å². The Hall–Kier alpha value is -2.24. The van der Waals surface area contributed by atoms with Gasteiger partial charge in [-0.15, -0.1) is 0 Å². The minimum absolute atomic E-state index is 0.230. The molecule has 0 saturated carbocycles. The van der Waals surface area contributed by atoms with E-state index < -0.39 is 0 Å². The summed E-state index contributed by atoms with van der Waals surface area (Å²) < 4.78 is 1.21. The van der Waals surface area contributed by atoms with Crippen LogP contribution in [0.3, 0.4) is 0 Å². The number of aliphatic imine (C=N–C) groups is 1. The molecular weight excluding hydrogens is 184 g/mol. The molecule has 0 bridgehead atoms. The Labute approximate surface area is 79.1 Å². The lowest BCUT2D eigenvalue weighted by atomic mass is 10.4. The lowest BCUT2D eigenvalue weighted by molar-refractivity contribution is -0.342. The lowest BCUT2D eigenvalue weighted by Crippen LogP contribution is -2.04. The third kappa shape index (κ3) is 1.45. The van der Waals surface area contributed by atoms with E-state index in [1.165, 1.54) is 36.9 Å². The molecule has 0 amide bonds. The van der Waals surface area contributed by atoms with Crippen LogP contribution in [0.2, 0.25) is 0 Å². The Balaban J connectivity index is 2.16. The molecule has 0 N–H and O–H groups in total. The second kappa shape index (κ2) is 3.25. The zero-order chi connectivity index (χ0) is 9.97. The number of rotatable bonds is 2. The van der Waals surface area contributed by atoms with E-state index in [1.807, 2.05) is 0 Å². The zero-order valence-electron chi connectivity index (χ0n) is 7.07. The van der Waals surface area contributed by atoms with E-state index in [0.29, 0.717) is 9.49 Å². The third-order valence-corrected chi connectivity index (χ3v) is 1.65. The predicted octanol–water partition coefficient (Wildman–Crippen LogP) is 0.904. The van der Waals surface area contributed by atoms with E-state index in [9.17, 15) is 10.1 Å². The highest BCUT2D eigenvalue weighted by atomic mass is 16.5. The molecule has 0 saturated heterocycles. The first kappa shape index (κ1) is 8.36. The number of imidazole rings is 1. The van der Waals surface area contributed by atoms with E-state index in [2.05, 4.69) is 9.98 Å². The summed E-state index contributed by atoms with van der Waals surface area (Å²) in [5.74, 6) is 0.459. The molecule has 2 heterocycles. The summed E-state index contributed by atoms with van der Waals surface area (Å²) in [6, 6.07) is 0. The summed E-state index contributed by atoms with van der Waals surface area (Å²) in [5, 5.41) is 11.0. The summed E-state index contributed by atoms with van der Waals surface area (Å²) in [5.41, 5.74) is 0. The first-order valence-corrected chi connectivity index (χ1v) is 3.87. The maximum absolute atomic E-state index is 11.0. The van der Waals surface area contributed by atoms with Crippen LogP contribution in [0.15, 0.2) is 35.9 Å². The maximum atomic E-state index is 11.0. The predicted molar refractivity (Wildman–Crippen MR) is 50.2 cm³/mol. The Morgan fingerprint density at radius 3 is 2.93 bits per heavy atom. The topological polar surface area (TPSA) is 73.3 Å². The van der Waals surface area contributed by atoms with Crippen LogP contribution in [0.4, 0.5) is 0 Å². The fourth-order valence-electron chi connectivity index (χ4n) is 0.989. The molecule has 0 spiro atoms. The molecular formula is C8H6N4O2. The van der Waals surface area contributed by atoms with Gasteiger partial charge in [-0.25, -0.2) is 4.98 Å². The normalized spacial score (nSPS) is 15.4. The SMILES string of the molecule is O=[N+]1C=CN=C1/C=C/c1nccn1[O-]. The monoisotopic (exact) mass is 190 g/mol. The van der Waals surface area contributed by atoms with Crippen LogP contribution in [0.25, 0.3) is 6.08 Å². The van der Waals surface area contributed by atoms with Gasteiger partial charge in [0.25, 0.3) is 0 Å². The van der Waals surface area contributed by atoms with Crippen LogP contribution in [-0.4, -0.2) is 20.3 Å². The minimum Gasteiger partial charge on any atom is -0.805 e. The molecule has 0 radical (unpaired) electrons. The molecule has 0 aliphatic carbocycles. The molecule has 1 aliphatic heterocycles. The third-order valence-electron chi connectivity index (χ3n) is 1.65. The Morgan fingerprint density at radius 1 is 1.50 bits per heavy atom. The molecule has 0 aromatic carbocycles. The van der Waals surface area contributed by atoms with Gasteiger partial charge in [-0.2, -0.15) is 0 Å². The van der Waals surface area contributed by atoms with Gasteiger partial charge in [-0.3, -0.25) is 0 Å². The van der Waals surface area contributed by atoms with Crippen molar-refractivity contribution < 1.29 is 4.76 Å². The van der Waals surface area contributed by atoms with Gasteiger partial charge in [0, 0.05) is 23.2 Å². The minimum atomic E-state index is 0.230. The van der Waals surface area contributed by atoms with Crippen LogP contribution < -0.4 is 0 Å². The summed E-state index contributed by atoms with van der Waals surface area (Å²) in [4.78, 5) is 18.5. The molecule has 14 heavy (non-hydrogen) atoms. The average molecular weight is 190 g/mol. The number of aromatic nitrogens is 2. The van der Waals surface area contributed by atoms with Crippen molar-refractivity contribution in [3.63, 3.8) is 0 Å². The second-order valence-electron chi connectivity index (χ2n) is 2.56. The highest BCUT2D eigenvalue weighted by Crippen LogP contribution is 2.01. The molecule has 0 fully saturated rings. The van der Waals surface area contributed by atoms with Crippen molar-refractivity contribution >= 4 is 11.9 Å². The largest absolute Gasteiger partial charge is 0.805 e. The van der Waals surface area contributed by atoms with Crippen LogP contribution >= 0.6 is 0 Å². The van der Waals surface area contributed by atoms with Gasteiger partial charge in [0.05, 0.1) is 0 Å². The first-order valence-electron chi connectivity index (χ1n) is 3.87. The fourth-order valence-corrected chi connectivity index (χ4v) is 0.989. The Kier molecular flexibility index (Phi) is 1.94. The molecule has 6 nitrogen and oxygen atoms in total. The maximum Gasteiger partial charge on any atom is 0.366 e. The summed E-state index contributed by atoms with van der Waals surface area (Å²) >= 11 is 0.